The Morgan fingerprint density at radius 1 is 1.37 bits per heavy atom. The Kier molecular flexibility index (Phi) is 7.32. The molecule has 3 N–H and O–H groups in total. The number of alkyl carbamates (subject to hydrolysis) is 1. The van der Waals surface area contributed by atoms with Crippen molar-refractivity contribution in [3.63, 3.8) is 0 Å². The van der Waals surface area contributed by atoms with Crippen molar-refractivity contribution in [2.24, 2.45) is 0 Å². The van der Waals surface area contributed by atoms with Crippen LogP contribution in [0.5, 0.6) is 0 Å². The molecular weight excluding hydrogens is 361 g/mol. The molecule has 0 radical (unpaired) electrons. The quantitative estimate of drug-likeness (QED) is 0.503. The molecule has 0 aliphatic carbocycles. The summed E-state index contributed by atoms with van der Waals surface area (Å²) in [5, 5.41) is 21.3. The fraction of sp³-hybridized carbons (Fsp3) is 0.412. The number of nitrogens with one attached hydrogen (secondary N) is 1. The minimum absolute atomic E-state index is 0.0273. The number of rotatable bonds is 6. The van der Waals surface area contributed by atoms with Crippen molar-refractivity contribution in [3.05, 3.63) is 48.1 Å². The lowest BCUT2D eigenvalue weighted by Crippen LogP contribution is -2.50. The maximum absolute atomic E-state index is 13.0. The molecule has 1 saturated heterocycles. The number of likely N-dealkylation sites (tertiary alicyclic amines) is 1. The van der Waals surface area contributed by atoms with Crippen molar-refractivity contribution in [1.29, 1.82) is 0 Å². The summed E-state index contributed by atoms with van der Waals surface area (Å²) in [6.07, 6.45) is -0.485. The molecule has 1 heterocycles. The molecule has 1 fully saturated rings. The molecule has 1 aromatic rings. The summed E-state index contributed by atoms with van der Waals surface area (Å²) in [5.41, 5.74) is 0.589. The fourth-order valence-corrected chi connectivity index (χ4v) is 2.83. The molecule has 10 heteroatoms. The highest BCUT2D eigenvalue weighted by Crippen LogP contribution is 2.16. The van der Waals surface area contributed by atoms with E-state index in [1.165, 1.54) is 29.2 Å². The zero-order valence-corrected chi connectivity index (χ0v) is 14.6. The topological polar surface area (TPSA) is 99.1 Å². The molecule has 7 nitrogen and oxygen atoms in total. The Morgan fingerprint density at radius 2 is 2.04 bits per heavy atom. The van der Waals surface area contributed by atoms with E-state index < -0.39 is 42.8 Å². The number of carbonyl (C=O) groups excluding carboxylic acids is 2. The van der Waals surface area contributed by atoms with Crippen LogP contribution in [-0.2, 0) is 16.0 Å². The minimum atomic E-state index is -1.86. The van der Waals surface area contributed by atoms with E-state index in [2.05, 4.69) is 11.9 Å². The van der Waals surface area contributed by atoms with Gasteiger partial charge in [-0.1, -0.05) is 18.7 Å². The average molecular weight is 382 g/mol. The summed E-state index contributed by atoms with van der Waals surface area (Å²) in [5.74, 6) is -3.43. The van der Waals surface area contributed by atoms with Crippen molar-refractivity contribution < 1.29 is 33.2 Å². The van der Waals surface area contributed by atoms with Gasteiger partial charge in [-0.3, -0.25) is 4.79 Å². The van der Waals surface area contributed by atoms with Gasteiger partial charge in [0.15, 0.2) is 5.83 Å². The van der Waals surface area contributed by atoms with Crippen LogP contribution in [0.15, 0.2) is 36.7 Å². The van der Waals surface area contributed by atoms with Crippen LogP contribution in [0.25, 0.3) is 0 Å². The van der Waals surface area contributed by atoms with Crippen molar-refractivity contribution in [3.8, 4) is 0 Å². The Bertz CT molecular complexity index is 686. The summed E-state index contributed by atoms with van der Waals surface area (Å²) < 4.78 is 31.1. The highest BCUT2D eigenvalue weighted by atomic mass is 19.1. The molecule has 1 aliphatic heterocycles. The predicted octanol–water partition coefficient (Wildman–Crippen LogP) is 0.949. The first-order chi connectivity index (χ1) is 12.8. The smallest absolute Gasteiger partial charge is 0.444 e. The molecule has 2 atom stereocenters. The molecule has 0 aromatic heterocycles. The molecule has 146 valence electrons. The highest BCUT2D eigenvalue weighted by Gasteiger charge is 2.30. The van der Waals surface area contributed by atoms with Crippen LogP contribution in [0.2, 0.25) is 0 Å². The molecule has 27 heavy (non-hydrogen) atoms. The summed E-state index contributed by atoms with van der Waals surface area (Å²) in [6.45, 7) is 3.33. The molecular formula is C17H21BF2N2O5. The van der Waals surface area contributed by atoms with Gasteiger partial charge in [0.1, 0.15) is 11.9 Å². The van der Waals surface area contributed by atoms with E-state index in [1.54, 1.807) is 0 Å². The van der Waals surface area contributed by atoms with Crippen LogP contribution in [0, 0.1) is 5.82 Å². The molecule has 1 aliphatic rings. The Labute approximate surface area is 155 Å². The second-order valence-corrected chi connectivity index (χ2v) is 6.32. The average Bonchev–Trinajstić information content (AvgIpc) is 2.62. The van der Waals surface area contributed by atoms with Gasteiger partial charge in [0.05, 0.1) is 12.5 Å². The van der Waals surface area contributed by atoms with Crippen LogP contribution in [0.3, 0.4) is 0 Å². The molecule has 2 rings (SSSR count). The number of carbonyl (C=O) groups is 2. The Hall–Kier alpha value is -2.46. The van der Waals surface area contributed by atoms with Crippen LogP contribution >= 0.6 is 0 Å². The molecule has 0 saturated carbocycles. The van der Waals surface area contributed by atoms with Crippen molar-refractivity contribution in [1.82, 2.24) is 10.2 Å². The number of ether oxygens (including phenoxy) is 1. The number of benzene rings is 1. The first-order valence-electron chi connectivity index (χ1n) is 8.47. The van der Waals surface area contributed by atoms with Crippen LogP contribution in [-0.4, -0.2) is 59.2 Å². The maximum Gasteiger partial charge on any atom is 0.475 e. The van der Waals surface area contributed by atoms with Gasteiger partial charge in [-0.2, -0.15) is 0 Å². The molecule has 1 unspecified atom stereocenters. The van der Waals surface area contributed by atoms with Gasteiger partial charge in [0.2, 0.25) is 0 Å². The largest absolute Gasteiger partial charge is 0.475 e. The predicted molar refractivity (Wildman–Crippen MR) is 93.6 cm³/mol. The molecule has 0 spiro atoms. The highest BCUT2D eigenvalue weighted by molar-refractivity contribution is 6.43. The summed E-state index contributed by atoms with van der Waals surface area (Å²) in [7, 11) is -1.86. The van der Waals surface area contributed by atoms with E-state index in [4.69, 9.17) is 4.74 Å². The maximum atomic E-state index is 13.0. The number of halogens is 2. The summed E-state index contributed by atoms with van der Waals surface area (Å²) in [4.78, 5) is 24.9. The third kappa shape index (κ3) is 6.33. The lowest BCUT2D eigenvalue weighted by Gasteiger charge is -2.32. The summed E-state index contributed by atoms with van der Waals surface area (Å²) in [6, 6.07) is 5.38. The molecule has 0 bridgehead atoms. The number of nitrogens with zero attached hydrogens (tertiary/aromatic N) is 1. The lowest BCUT2D eigenvalue weighted by molar-refractivity contribution is -0.131. The van der Waals surface area contributed by atoms with Gasteiger partial charge in [0.25, 0.3) is 5.91 Å². The van der Waals surface area contributed by atoms with Crippen molar-refractivity contribution >= 4 is 19.1 Å². The van der Waals surface area contributed by atoms with Gasteiger partial charge in [-0.25, -0.2) is 13.6 Å². The van der Waals surface area contributed by atoms with E-state index in [9.17, 15) is 28.4 Å². The van der Waals surface area contributed by atoms with Gasteiger partial charge in [-0.05, 0) is 37.0 Å². The lowest BCUT2D eigenvalue weighted by atomic mass is 9.76. The van der Waals surface area contributed by atoms with E-state index in [1.807, 2.05) is 0 Å². The van der Waals surface area contributed by atoms with Gasteiger partial charge in [0, 0.05) is 6.54 Å². The monoisotopic (exact) mass is 382 g/mol. The van der Waals surface area contributed by atoms with Gasteiger partial charge in [-0.15, -0.1) is 0 Å². The van der Waals surface area contributed by atoms with Crippen LogP contribution < -0.4 is 5.32 Å². The van der Waals surface area contributed by atoms with E-state index in [-0.39, 0.29) is 13.0 Å². The second kappa shape index (κ2) is 9.47. The van der Waals surface area contributed by atoms with Gasteiger partial charge >= 0.3 is 13.2 Å². The Balaban J connectivity index is 1.90. The van der Waals surface area contributed by atoms with E-state index >= 15 is 0 Å². The van der Waals surface area contributed by atoms with E-state index in [0.29, 0.717) is 24.9 Å². The van der Waals surface area contributed by atoms with Gasteiger partial charge < -0.3 is 25.0 Å². The first-order valence-corrected chi connectivity index (χ1v) is 8.47. The normalized spacial score (nSPS) is 17.8. The number of piperidine rings is 1. The SMILES string of the molecule is C=C(F)C(=O)N1CCC[C@H](OC(=O)NC(Cc2ccc(F)cc2)B(O)O)C1. The molecule has 1 aromatic carbocycles. The van der Waals surface area contributed by atoms with Crippen molar-refractivity contribution in [2.75, 3.05) is 13.1 Å². The van der Waals surface area contributed by atoms with Crippen molar-refractivity contribution in [2.45, 2.75) is 31.3 Å². The standard InChI is InChI=1S/C17H21BF2N2O5/c1-11(19)16(23)22-8-2-3-14(10-22)27-17(24)21-15(18(25)26)9-12-4-6-13(20)7-5-12/h4-7,14-15,25-26H,1-3,8-10H2,(H,21,24)/t14-,15?/m0/s1. The fourth-order valence-electron chi connectivity index (χ4n) is 2.83. The zero-order chi connectivity index (χ0) is 20.0. The van der Waals surface area contributed by atoms with E-state index in [0.717, 1.165) is 0 Å². The van der Waals surface area contributed by atoms with Crippen LogP contribution in [0.1, 0.15) is 18.4 Å². The van der Waals surface area contributed by atoms with Crippen LogP contribution in [0.4, 0.5) is 13.6 Å². The summed E-state index contributed by atoms with van der Waals surface area (Å²) >= 11 is 0. The second-order valence-electron chi connectivity index (χ2n) is 6.32. The third-order valence-electron chi connectivity index (χ3n) is 4.20. The number of hydrogen-bond acceptors (Lipinski definition) is 5. The number of hydrogen-bond donors (Lipinski definition) is 3. The zero-order valence-electron chi connectivity index (χ0n) is 14.6. The third-order valence-corrected chi connectivity index (χ3v) is 4.20. The Morgan fingerprint density at radius 3 is 2.63 bits per heavy atom. The first kappa shape index (κ1) is 20.9. The number of amides is 2. The minimum Gasteiger partial charge on any atom is -0.444 e. The molecule has 2 amide bonds.